The largest absolute Gasteiger partial charge is 0.330 e. The average molecular weight is 340 g/mol. The van der Waals surface area contributed by atoms with Crippen molar-refractivity contribution in [2.75, 3.05) is 5.32 Å². The van der Waals surface area contributed by atoms with Crippen molar-refractivity contribution in [1.29, 1.82) is 0 Å². The Kier molecular flexibility index (Phi) is 3.24. The summed E-state index contributed by atoms with van der Waals surface area (Å²) in [6, 6.07) is 13.8. The van der Waals surface area contributed by atoms with Crippen molar-refractivity contribution in [2.24, 2.45) is 0 Å². The molecule has 0 atom stereocenters. The molecule has 1 aromatic heterocycles. The quantitative estimate of drug-likeness (QED) is 0.671. The summed E-state index contributed by atoms with van der Waals surface area (Å²) < 4.78 is 2.12. The smallest absolute Gasteiger partial charge is 0.188 e. The summed E-state index contributed by atoms with van der Waals surface area (Å²) in [6.07, 6.45) is 0. The first-order valence-corrected chi connectivity index (χ1v) is 7.29. The zero-order chi connectivity index (χ0) is 12.5. The van der Waals surface area contributed by atoms with E-state index in [1.165, 1.54) is 0 Å². The summed E-state index contributed by atoms with van der Waals surface area (Å²) in [5, 5.41) is 4.76. The number of anilines is 2. The number of fused-ring (bicyclic) bond motifs is 1. The van der Waals surface area contributed by atoms with Crippen molar-refractivity contribution >= 4 is 59.9 Å². The lowest BCUT2D eigenvalue weighted by molar-refractivity contribution is 1.44. The molecule has 3 rings (SSSR count). The molecular formula is C13H8BrClN2S. The predicted molar refractivity (Wildman–Crippen MR) is 82.1 cm³/mol. The minimum Gasteiger partial charge on any atom is -0.330 e. The van der Waals surface area contributed by atoms with Gasteiger partial charge in [0.2, 0.25) is 0 Å². The molecule has 90 valence electrons. The van der Waals surface area contributed by atoms with Gasteiger partial charge in [0.05, 0.1) is 20.9 Å². The lowest BCUT2D eigenvalue weighted by Crippen LogP contribution is -1.89. The van der Waals surface area contributed by atoms with Gasteiger partial charge in [-0.3, -0.25) is 0 Å². The van der Waals surface area contributed by atoms with Crippen LogP contribution in [0.2, 0.25) is 5.02 Å². The predicted octanol–water partition coefficient (Wildman–Crippen LogP) is 5.46. The highest BCUT2D eigenvalue weighted by atomic mass is 79.9. The lowest BCUT2D eigenvalue weighted by atomic mass is 10.3. The summed E-state index contributed by atoms with van der Waals surface area (Å²) in [4.78, 5) is 4.51. The number of benzene rings is 2. The highest BCUT2D eigenvalue weighted by Gasteiger charge is 2.06. The van der Waals surface area contributed by atoms with E-state index in [0.29, 0.717) is 5.02 Å². The third-order valence-electron chi connectivity index (χ3n) is 2.47. The van der Waals surface area contributed by atoms with Gasteiger partial charge in [0, 0.05) is 4.47 Å². The Labute approximate surface area is 122 Å². The fourth-order valence-corrected chi connectivity index (χ4v) is 3.23. The summed E-state index contributed by atoms with van der Waals surface area (Å²) in [7, 11) is 0. The molecule has 5 heteroatoms. The van der Waals surface area contributed by atoms with Crippen molar-refractivity contribution in [3.05, 3.63) is 52.0 Å². The molecule has 0 bridgehead atoms. The van der Waals surface area contributed by atoms with Crippen LogP contribution in [0.4, 0.5) is 10.8 Å². The van der Waals surface area contributed by atoms with Crippen LogP contribution in [0.15, 0.2) is 46.9 Å². The van der Waals surface area contributed by atoms with Crippen LogP contribution in [-0.2, 0) is 0 Å². The van der Waals surface area contributed by atoms with E-state index in [0.717, 1.165) is 25.5 Å². The first-order valence-electron chi connectivity index (χ1n) is 5.30. The second-order valence-corrected chi connectivity index (χ2v) is 6.09. The van der Waals surface area contributed by atoms with Gasteiger partial charge in [-0.1, -0.05) is 51.0 Å². The summed E-state index contributed by atoms with van der Waals surface area (Å²) in [5.41, 5.74) is 1.86. The van der Waals surface area contributed by atoms with E-state index < -0.39 is 0 Å². The molecule has 0 saturated heterocycles. The minimum absolute atomic E-state index is 0.670. The van der Waals surface area contributed by atoms with E-state index in [9.17, 15) is 0 Å². The van der Waals surface area contributed by atoms with Gasteiger partial charge in [-0.2, -0.15) is 0 Å². The molecule has 1 N–H and O–H groups in total. The van der Waals surface area contributed by atoms with E-state index >= 15 is 0 Å². The van der Waals surface area contributed by atoms with Gasteiger partial charge in [0.15, 0.2) is 5.13 Å². The number of thiazole rings is 1. The number of rotatable bonds is 2. The number of hydrogen-bond acceptors (Lipinski definition) is 3. The highest BCUT2D eigenvalue weighted by Crippen LogP contribution is 2.32. The molecule has 0 amide bonds. The van der Waals surface area contributed by atoms with Crippen molar-refractivity contribution in [2.45, 2.75) is 0 Å². The van der Waals surface area contributed by atoms with Crippen LogP contribution in [0.3, 0.4) is 0 Å². The number of nitrogens with one attached hydrogen (secondary N) is 1. The molecule has 0 radical (unpaired) electrons. The lowest BCUT2D eigenvalue weighted by Gasteiger charge is -2.04. The number of nitrogens with zero attached hydrogens (tertiary/aromatic N) is 1. The van der Waals surface area contributed by atoms with E-state index in [2.05, 4.69) is 32.3 Å². The molecular weight excluding hydrogens is 332 g/mol. The first-order chi connectivity index (χ1) is 8.72. The van der Waals surface area contributed by atoms with Gasteiger partial charge < -0.3 is 5.32 Å². The number of para-hydroxylation sites is 1. The molecule has 18 heavy (non-hydrogen) atoms. The second kappa shape index (κ2) is 4.88. The molecule has 0 aliphatic carbocycles. The maximum Gasteiger partial charge on any atom is 0.188 e. The van der Waals surface area contributed by atoms with E-state index in [4.69, 9.17) is 11.6 Å². The molecule has 0 unspecified atom stereocenters. The molecule has 3 aromatic rings. The Morgan fingerprint density at radius 2 is 2.00 bits per heavy atom. The normalized spacial score (nSPS) is 10.8. The first kappa shape index (κ1) is 12.0. The molecule has 0 aliphatic heterocycles. The molecule has 0 fully saturated rings. The Hall–Kier alpha value is -1.10. The maximum atomic E-state index is 6.16. The third kappa shape index (κ3) is 2.36. The van der Waals surface area contributed by atoms with Crippen LogP contribution in [0.1, 0.15) is 0 Å². The van der Waals surface area contributed by atoms with E-state index in [1.807, 2.05) is 36.4 Å². The Morgan fingerprint density at radius 3 is 2.78 bits per heavy atom. The fraction of sp³-hybridized carbons (Fsp3) is 0. The number of aromatic nitrogens is 1. The Bertz CT molecular complexity index is 678. The molecule has 1 heterocycles. The zero-order valence-corrected chi connectivity index (χ0v) is 12.3. The Balaban J connectivity index is 1.96. The van der Waals surface area contributed by atoms with Gasteiger partial charge in [-0.25, -0.2) is 4.98 Å². The molecule has 2 aromatic carbocycles. The zero-order valence-electron chi connectivity index (χ0n) is 9.15. The minimum atomic E-state index is 0.670. The van der Waals surface area contributed by atoms with Crippen LogP contribution < -0.4 is 5.32 Å². The summed E-state index contributed by atoms with van der Waals surface area (Å²) >= 11 is 11.2. The van der Waals surface area contributed by atoms with Crippen molar-refractivity contribution < 1.29 is 0 Å². The van der Waals surface area contributed by atoms with Crippen molar-refractivity contribution in [1.82, 2.24) is 4.98 Å². The van der Waals surface area contributed by atoms with Gasteiger partial charge >= 0.3 is 0 Å². The monoisotopic (exact) mass is 338 g/mol. The fourth-order valence-electron chi connectivity index (χ4n) is 1.63. The SMILES string of the molecule is Clc1cc(Br)ccc1Nc1nc2ccccc2s1. The van der Waals surface area contributed by atoms with E-state index in [1.54, 1.807) is 11.3 Å². The highest BCUT2D eigenvalue weighted by molar-refractivity contribution is 9.10. The molecule has 0 aliphatic rings. The third-order valence-corrected chi connectivity index (χ3v) is 4.22. The number of halogens is 2. The van der Waals surface area contributed by atoms with Gasteiger partial charge in [0.25, 0.3) is 0 Å². The molecule has 2 nitrogen and oxygen atoms in total. The standard InChI is InChI=1S/C13H8BrClN2S/c14-8-5-6-10(9(15)7-8)16-13-17-11-3-1-2-4-12(11)18-13/h1-7H,(H,16,17). The van der Waals surface area contributed by atoms with Crippen LogP contribution >= 0.6 is 38.9 Å². The Morgan fingerprint density at radius 1 is 1.17 bits per heavy atom. The van der Waals surface area contributed by atoms with Crippen LogP contribution in [0.25, 0.3) is 10.2 Å². The summed E-state index contributed by atoms with van der Waals surface area (Å²) in [5.74, 6) is 0. The van der Waals surface area contributed by atoms with E-state index in [-0.39, 0.29) is 0 Å². The average Bonchev–Trinajstić information content (AvgIpc) is 2.75. The van der Waals surface area contributed by atoms with Gasteiger partial charge in [-0.05, 0) is 30.3 Å². The van der Waals surface area contributed by atoms with Crippen LogP contribution in [0.5, 0.6) is 0 Å². The van der Waals surface area contributed by atoms with Crippen molar-refractivity contribution in [3.63, 3.8) is 0 Å². The van der Waals surface area contributed by atoms with Crippen LogP contribution in [0, 0.1) is 0 Å². The van der Waals surface area contributed by atoms with Gasteiger partial charge in [-0.15, -0.1) is 0 Å². The van der Waals surface area contributed by atoms with Crippen molar-refractivity contribution in [3.8, 4) is 0 Å². The second-order valence-electron chi connectivity index (χ2n) is 3.74. The van der Waals surface area contributed by atoms with Gasteiger partial charge in [0.1, 0.15) is 0 Å². The topological polar surface area (TPSA) is 24.9 Å². The number of hydrogen-bond donors (Lipinski definition) is 1. The maximum absolute atomic E-state index is 6.16. The molecule has 0 saturated carbocycles. The molecule has 0 spiro atoms. The van der Waals surface area contributed by atoms with Crippen LogP contribution in [-0.4, -0.2) is 4.98 Å². The summed E-state index contributed by atoms with van der Waals surface area (Å²) in [6.45, 7) is 0.